The van der Waals surface area contributed by atoms with Gasteiger partial charge < -0.3 is 9.47 Å². The van der Waals surface area contributed by atoms with Gasteiger partial charge in [-0.1, -0.05) is 12.5 Å². The van der Waals surface area contributed by atoms with Crippen LogP contribution in [0.2, 0.25) is 0 Å². The highest BCUT2D eigenvalue weighted by Crippen LogP contribution is 2.39. The molecule has 2 heterocycles. The minimum atomic E-state index is 0.0473. The first-order valence-electron chi connectivity index (χ1n) is 9.18. The zero-order chi connectivity index (χ0) is 17.1. The molecule has 0 spiro atoms. The number of rotatable bonds is 5. The smallest absolute Gasteiger partial charge is 0.0594 e. The Balaban J connectivity index is 2.36. The summed E-state index contributed by atoms with van der Waals surface area (Å²) in [5.41, 5.74) is 3.20. The molecule has 2 aliphatic heterocycles. The third-order valence-electron chi connectivity index (χ3n) is 5.78. The van der Waals surface area contributed by atoms with E-state index in [9.17, 15) is 0 Å². The van der Waals surface area contributed by atoms with E-state index >= 15 is 0 Å². The van der Waals surface area contributed by atoms with E-state index in [1.54, 1.807) is 5.57 Å². The Bertz CT molecular complexity index is 385. The molecule has 0 aromatic rings. The van der Waals surface area contributed by atoms with E-state index in [0.29, 0.717) is 0 Å². The number of hydrogen-bond donors (Lipinski definition) is 0. The van der Waals surface area contributed by atoms with Gasteiger partial charge in [-0.3, -0.25) is 9.80 Å². The van der Waals surface area contributed by atoms with E-state index in [0.717, 1.165) is 59.0 Å². The molecule has 4 nitrogen and oxygen atoms in total. The van der Waals surface area contributed by atoms with E-state index in [2.05, 4.69) is 51.3 Å². The van der Waals surface area contributed by atoms with Crippen molar-refractivity contribution >= 4 is 0 Å². The molecule has 134 valence electrons. The average Bonchev–Trinajstić information content (AvgIpc) is 2.56. The number of hydrogen-bond acceptors (Lipinski definition) is 4. The maximum absolute atomic E-state index is 5.58. The fourth-order valence-corrected chi connectivity index (χ4v) is 4.53. The fourth-order valence-electron chi connectivity index (χ4n) is 4.53. The predicted molar refractivity (Wildman–Crippen MR) is 95.9 cm³/mol. The lowest BCUT2D eigenvalue weighted by molar-refractivity contribution is -0.0256. The van der Waals surface area contributed by atoms with Gasteiger partial charge in [0.2, 0.25) is 0 Å². The second-order valence-corrected chi connectivity index (χ2v) is 7.83. The Hall–Kier alpha value is -0.420. The number of morpholine rings is 2. The van der Waals surface area contributed by atoms with Gasteiger partial charge in [0, 0.05) is 37.3 Å². The van der Waals surface area contributed by atoms with Crippen LogP contribution in [0.4, 0.5) is 0 Å². The van der Waals surface area contributed by atoms with Crippen LogP contribution in [0.25, 0.3) is 0 Å². The highest BCUT2D eigenvalue weighted by Gasteiger charge is 2.43. The largest absolute Gasteiger partial charge is 0.379 e. The van der Waals surface area contributed by atoms with Gasteiger partial charge in [0.05, 0.1) is 26.4 Å². The average molecular weight is 325 g/mol. The summed E-state index contributed by atoms with van der Waals surface area (Å²) in [6, 6.07) is 0. The predicted octanol–water partition coefficient (Wildman–Crippen LogP) is 2.93. The Kier molecular flexibility index (Phi) is 6.28. The van der Waals surface area contributed by atoms with Gasteiger partial charge >= 0.3 is 0 Å². The monoisotopic (exact) mass is 324 g/mol. The molecule has 2 fully saturated rings. The first-order chi connectivity index (χ1) is 10.8. The summed E-state index contributed by atoms with van der Waals surface area (Å²) in [6.45, 7) is 21.7. The number of allylic oxidation sites excluding steroid dienone is 1. The van der Waals surface area contributed by atoms with Crippen molar-refractivity contribution in [2.24, 2.45) is 0 Å². The van der Waals surface area contributed by atoms with Crippen LogP contribution >= 0.6 is 0 Å². The van der Waals surface area contributed by atoms with Crippen molar-refractivity contribution < 1.29 is 9.47 Å². The molecule has 2 rings (SSSR count). The molecular formula is C19H36N2O2. The van der Waals surface area contributed by atoms with Crippen LogP contribution in [0.15, 0.2) is 11.1 Å². The zero-order valence-corrected chi connectivity index (χ0v) is 16.1. The first kappa shape index (κ1) is 18.9. The zero-order valence-electron chi connectivity index (χ0n) is 16.1. The summed E-state index contributed by atoms with van der Waals surface area (Å²) < 4.78 is 11.2. The fraction of sp³-hybridized carbons (Fsp3) is 0.895. The third kappa shape index (κ3) is 3.98. The molecule has 0 amide bonds. The Morgan fingerprint density at radius 3 is 1.43 bits per heavy atom. The molecule has 2 aliphatic rings. The minimum absolute atomic E-state index is 0.0473. The molecule has 0 aromatic heterocycles. The topological polar surface area (TPSA) is 24.9 Å². The summed E-state index contributed by atoms with van der Waals surface area (Å²) in [5.74, 6) is 0. The molecule has 0 N–H and O–H groups in total. The summed E-state index contributed by atoms with van der Waals surface area (Å²) in [7, 11) is 0. The van der Waals surface area contributed by atoms with E-state index < -0.39 is 0 Å². The van der Waals surface area contributed by atoms with Crippen LogP contribution in [0.3, 0.4) is 0 Å². The van der Waals surface area contributed by atoms with Crippen molar-refractivity contribution in [1.82, 2.24) is 9.80 Å². The molecule has 0 saturated carbocycles. The van der Waals surface area contributed by atoms with Crippen LogP contribution in [0.5, 0.6) is 0 Å². The Labute approximate surface area is 142 Å². The van der Waals surface area contributed by atoms with Gasteiger partial charge in [-0.05, 0) is 46.6 Å². The molecule has 4 heteroatoms. The summed E-state index contributed by atoms with van der Waals surface area (Å²) in [5, 5.41) is 0. The van der Waals surface area contributed by atoms with E-state index in [1.807, 2.05) is 0 Å². The van der Waals surface area contributed by atoms with Crippen molar-refractivity contribution in [3.05, 3.63) is 11.1 Å². The lowest BCUT2D eigenvalue weighted by atomic mass is 9.74. The second-order valence-electron chi connectivity index (χ2n) is 7.83. The lowest BCUT2D eigenvalue weighted by Gasteiger charge is -2.52. The van der Waals surface area contributed by atoms with Gasteiger partial charge in [-0.25, -0.2) is 0 Å². The molecule has 0 radical (unpaired) electrons. The van der Waals surface area contributed by atoms with Crippen LogP contribution < -0.4 is 0 Å². The van der Waals surface area contributed by atoms with Crippen molar-refractivity contribution in [3.8, 4) is 0 Å². The Morgan fingerprint density at radius 1 is 0.783 bits per heavy atom. The van der Waals surface area contributed by atoms with Gasteiger partial charge in [-0.2, -0.15) is 0 Å². The van der Waals surface area contributed by atoms with E-state index in [-0.39, 0.29) is 11.1 Å². The van der Waals surface area contributed by atoms with Crippen molar-refractivity contribution in [1.29, 1.82) is 0 Å². The van der Waals surface area contributed by atoms with E-state index in [1.165, 1.54) is 5.57 Å². The normalized spacial score (nSPS) is 22.2. The standard InChI is InChI=1S/C19H36N2O2/c1-7-16(2)17(18(3,4)20-8-12-22-13-9-20)19(5,6)21-10-14-23-15-11-21/h7-15H2,1-6H3. The lowest BCUT2D eigenvalue weighted by Crippen LogP contribution is -2.60. The molecule has 0 bridgehead atoms. The van der Waals surface area contributed by atoms with Crippen molar-refractivity contribution in [3.63, 3.8) is 0 Å². The molecule has 0 atom stereocenters. The van der Waals surface area contributed by atoms with Crippen LogP contribution in [-0.4, -0.2) is 73.5 Å². The molecule has 23 heavy (non-hydrogen) atoms. The molecule has 0 aromatic carbocycles. The summed E-state index contributed by atoms with van der Waals surface area (Å²) in [6.07, 6.45) is 1.11. The maximum atomic E-state index is 5.58. The van der Waals surface area contributed by atoms with Crippen molar-refractivity contribution in [2.45, 2.75) is 59.0 Å². The third-order valence-corrected chi connectivity index (χ3v) is 5.78. The second kappa shape index (κ2) is 7.64. The SMILES string of the molecule is CCC(C)=C(C(C)(C)N1CCOCC1)C(C)(C)N1CCOCC1. The first-order valence-corrected chi connectivity index (χ1v) is 9.18. The van der Waals surface area contributed by atoms with Gasteiger partial charge in [0.25, 0.3) is 0 Å². The number of ether oxygens (including phenoxy) is 2. The van der Waals surface area contributed by atoms with Gasteiger partial charge in [0.1, 0.15) is 0 Å². The van der Waals surface area contributed by atoms with Crippen LogP contribution in [0, 0.1) is 0 Å². The summed E-state index contributed by atoms with van der Waals surface area (Å²) in [4.78, 5) is 5.21. The van der Waals surface area contributed by atoms with Crippen molar-refractivity contribution in [2.75, 3.05) is 52.6 Å². The van der Waals surface area contributed by atoms with Gasteiger partial charge in [-0.15, -0.1) is 0 Å². The van der Waals surface area contributed by atoms with Crippen LogP contribution in [0.1, 0.15) is 48.0 Å². The molecule has 2 saturated heterocycles. The number of nitrogens with zero attached hydrogens (tertiary/aromatic N) is 2. The maximum Gasteiger partial charge on any atom is 0.0594 e. The summed E-state index contributed by atoms with van der Waals surface area (Å²) >= 11 is 0. The molecular weight excluding hydrogens is 288 g/mol. The highest BCUT2D eigenvalue weighted by molar-refractivity contribution is 5.34. The Morgan fingerprint density at radius 2 is 1.13 bits per heavy atom. The minimum Gasteiger partial charge on any atom is -0.379 e. The highest BCUT2D eigenvalue weighted by atomic mass is 16.5. The molecule has 0 unspecified atom stereocenters. The molecule has 0 aliphatic carbocycles. The quantitative estimate of drug-likeness (QED) is 0.726. The van der Waals surface area contributed by atoms with Gasteiger partial charge in [0.15, 0.2) is 0 Å². The van der Waals surface area contributed by atoms with E-state index in [4.69, 9.17) is 9.47 Å². The van der Waals surface area contributed by atoms with Crippen LogP contribution in [-0.2, 0) is 9.47 Å².